The van der Waals surface area contributed by atoms with Crippen LogP contribution < -0.4 is 9.46 Å². The number of carbonyl (C=O) groups excluding carboxylic acids is 1. The molecule has 0 fully saturated rings. The second-order valence-electron chi connectivity index (χ2n) is 6.36. The Balaban J connectivity index is 1.70. The average Bonchev–Trinajstić information content (AvgIpc) is 2.67. The first-order chi connectivity index (χ1) is 13.2. The Morgan fingerprint density at radius 2 is 1.81 bits per heavy atom. The summed E-state index contributed by atoms with van der Waals surface area (Å²) in [6.45, 7) is 0.533. The molecule has 1 N–H and O–H groups in total. The van der Waals surface area contributed by atoms with E-state index in [0.29, 0.717) is 19.4 Å². The van der Waals surface area contributed by atoms with Crippen LogP contribution in [0, 0.1) is 0 Å². The molecule has 4 nitrogen and oxygen atoms in total. The minimum atomic E-state index is -1.15. The molecular formula is C22H23NO3S. The highest BCUT2D eigenvalue weighted by molar-refractivity contribution is 7.85. The minimum absolute atomic E-state index is 0.452. The van der Waals surface area contributed by atoms with Crippen LogP contribution in [0.15, 0.2) is 60.7 Å². The summed E-state index contributed by atoms with van der Waals surface area (Å²) in [5, 5.41) is 2.45. The molecule has 0 saturated carbocycles. The number of hydrogen-bond acceptors (Lipinski definition) is 3. The molecule has 0 amide bonds. The number of anilines is 1. The van der Waals surface area contributed by atoms with Gasteiger partial charge in [0.05, 0.1) is 6.61 Å². The molecule has 3 aromatic carbocycles. The van der Waals surface area contributed by atoms with E-state index in [9.17, 15) is 9.00 Å². The molecule has 5 heteroatoms. The lowest BCUT2D eigenvalue weighted by atomic mass is 10.1. The summed E-state index contributed by atoms with van der Waals surface area (Å²) in [5.74, 6) is 0.730. The topological polar surface area (TPSA) is 55.4 Å². The van der Waals surface area contributed by atoms with Gasteiger partial charge in [-0.15, -0.1) is 0 Å². The van der Waals surface area contributed by atoms with Crippen LogP contribution >= 0.6 is 0 Å². The first-order valence-corrected chi connectivity index (χ1v) is 10.5. The van der Waals surface area contributed by atoms with E-state index in [0.717, 1.165) is 29.7 Å². The van der Waals surface area contributed by atoms with Crippen molar-refractivity contribution in [3.63, 3.8) is 0 Å². The van der Waals surface area contributed by atoms with Gasteiger partial charge in [0, 0.05) is 30.9 Å². The molecule has 1 atom stereocenters. The molecule has 0 aliphatic carbocycles. The summed E-state index contributed by atoms with van der Waals surface area (Å²) in [4.78, 5) is 10.7. The Kier molecular flexibility index (Phi) is 6.60. The zero-order valence-electron chi connectivity index (χ0n) is 15.3. The summed E-state index contributed by atoms with van der Waals surface area (Å²) in [6.07, 6.45) is 4.36. The Morgan fingerprint density at radius 1 is 1.00 bits per heavy atom. The molecular weight excluding hydrogens is 358 g/mol. The minimum Gasteiger partial charge on any atom is -0.493 e. The van der Waals surface area contributed by atoms with Crippen LogP contribution in [0.1, 0.15) is 17.5 Å². The lowest BCUT2D eigenvalue weighted by Crippen LogP contribution is -2.06. The van der Waals surface area contributed by atoms with Crippen molar-refractivity contribution in [2.75, 3.05) is 17.6 Å². The molecule has 0 bridgehead atoms. The molecule has 3 aromatic rings. The molecule has 0 aromatic heterocycles. The third-order valence-electron chi connectivity index (χ3n) is 4.32. The number of fused-ring (bicyclic) bond motifs is 1. The van der Waals surface area contributed by atoms with Gasteiger partial charge in [0.25, 0.3) is 0 Å². The molecule has 0 saturated heterocycles. The van der Waals surface area contributed by atoms with Crippen LogP contribution in [-0.4, -0.2) is 23.4 Å². The summed E-state index contributed by atoms with van der Waals surface area (Å²) >= 11 is 0. The summed E-state index contributed by atoms with van der Waals surface area (Å²) < 4.78 is 20.3. The largest absolute Gasteiger partial charge is 0.493 e. The van der Waals surface area contributed by atoms with Crippen molar-refractivity contribution in [1.82, 2.24) is 0 Å². The Hall–Kier alpha value is -2.66. The maximum atomic E-state index is 11.4. The van der Waals surface area contributed by atoms with Gasteiger partial charge in [-0.2, -0.15) is 0 Å². The van der Waals surface area contributed by atoms with E-state index in [1.165, 1.54) is 16.3 Å². The van der Waals surface area contributed by atoms with E-state index in [2.05, 4.69) is 35.1 Å². The Bertz CT molecular complexity index is 955. The SMILES string of the molecule is CS(=O)Nc1ccc(CCC=O)c(OCCc2ccc3ccccc3c2)c1. The molecule has 0 aliphatic heterocycles. The fraction of sp³-hybridized carbons (Fsp3) is 0.227. The second-order valence-corrected chi connectivity index (χ2v) is 7.48. The second kappa shape index (κ2) is 9.33. The number of hydrogen-bond donors (Lipinski definition) is 1. The van der Waals surface area contributed by atoms with Crippen molar-refractivity contribution in [3.8, 4) is 5.75 Å². The van der Waals surface area contributed by atoms with Gasteiger partial charge in [-0.25, -0.2) is 4.21 Å². The van der Waals surface area contributed by atoms with Gasteiger partial charge in [0.2, 0.25) is 0 Å². The standard InChI is InChI=1S/C22H23NO3S/c1-27(25)23-21-11-10-19(7-4-13-24)22(16-21)26-14-12-17-8-9-18-5-2-3-6-20(18)15-17/h2-3,5-6,8-11,13,15-16,23H,4,7,12,14H2,1H3. The van der Waals surface area contributed by atoms with Crippen LogP contribution in [-0.2, 0) is 28.6 Å². The van der Waals surface area contributed by atoms with Gasteiger partial charge in [0.1, 0.15) is 23.0 Å². The van der Waals surface area contributed by atoms with E-state index in [-0.39, 0.29) is 0 Å². The third kappa shape index (κ3) is 5.41. The summed E-state index contributed by atoms with van der Waals surface area (Å²) in [6, 6.07) is 20.4. The van der Waals surface area contributed by atoms with E-state index in [1.807, 2.05) is 30.3 Å². The molecule has 3 rings (SSSR count). The van der Waals surface area contributed by atoms with Gasteiger partial charge >= 0.3 is 0 Å². The highest BCUT2D eigenvalue weighted by Gasteiger charge is 2.07. The third-order valence-corrected chi connectivity index (χ3v) is 4.85. The maximum Gasteiger partial charge on any atom is 0.124 e. The first-order valence-electron chi connectivity index (χ1n) is 8.93. The highest BCUT2D eigenvalue weighted by Crippen LogP contribution is 2.25. The molecule has 140 valence electrons. The lowest BCUT2D eigenvalue weighted by molar-refractivity contribution is -0.107. The van der Waals surface area contributed by atoms with E-state index >= 15 is 0 Å². The smallest absolute Gasteiger partial charge is 0.124 e. The Labute approximate surface area is 162 Å². The monoisotopic (exact) mass is 381 g/mol. The molecule has 0 aliphatic rings. The molecule has 1 unspecified atom stereocenters. The average molecular weight is 381 g/mol. The van der Waals surface area contributed by atoms with Gasteiger partial charge in [-0.05, 0) is 34.4 Å². The van der Waals surface area contributed by atoms with Crippen LogP contribution in [0.3, 0.4) is 0 Å². The number of aldehydes is 1. The number of ether oxygens (including phenoxy) is 1. The van der Waals surface area contributed by atoms with E-state index in [1.54, 1.807) is 6.26 Å². The number of carbonyl (C=O) groups is 1. The molecule has 0 spiro atoms. The van der Waals surface area contributed by atoms with Crippen LogP contribution in [0.4, 0.5) is 5.69 Å². The van der Waals surface area contributed by atoms with Crippen molar-refractivity contribution in [2.24, 2.45) is 0 Å². The Morgan fingerprint density at radius 3 is 2.59 bits per heavy atom. The number of aryl methyl sites for hydroxylation is 1. The fourth-order valence-corrected chi connectivity index (χ4v) is 3.47. The predicted octanol–water partition coefficient (Wildman–Crippen LogP) is 4.30. The van der Waals surface area contributed by atoms with Crippen molar-refractivity contribution in [2.45, 2.75) is 19.3 Å². The summed E-state index contributed by atoms with van der Waals surface area (Å²) in [5.41, 5.74) is 2.94. The summed E-state index contributed by atoms with van der Waals surface area (Å²) in [7, 11) is -1.15. The van der Waals surface area contributed by atoms with Crippen LogP contribution in [0.25, 0.3) is 10.8 Å². The number of rotatable bonds is 9. The van der Waals surface area contributed by atoms with Crippen molar-refractivity contribution in [3.05, 3.63) is 71.8 Å². The van der Waals surface area contributed by atoms with Gasteiger partial charge in [-0.3, -0.25) is 0 Å². The first kappa shape index (κ1) is 19.1. The normalized spacial score (nSPS) is 11.9. The fourth-order valence-electron chi connectivity index (χ4n) is 3.01. The highest BCUT2D eigenvalue weighted by atomic mass is 32.2. The molecule has 0 radical (unpaired) electrons. The quantitative estimate of drug-likeness (QED) is 0.562. The van der Waals surface area contributed by atoms with E-state index in [4.69, 9.17) is 4.74 Å². The number of benzene rings is 3. The predicted molar refractivity (Wildman–Crippen MR) is 112 cm³/mol. The van der Waals surface area contributed by atoms with Gasteiger partial charge in [0.15, 0.2) is 0 Å². The molecule has 0 heterocycles. The number of nitrogens with one attached hydrogen (secondary N) is 1. The van der Waals surface area contributed by atoms with Crippen molar-refractivity contribution in [1.29, 1.82) is 0 Å². The maximum absolute atomic E-state index is 11.4. The lowest BCUT2D eigenvalue weighted by Gasteiger charge is -2.13. The van der Waals surface area contributed by atoms with Crippen LogP contribution in [0.2, 0.25) is 0 Å². The van der Waals surface area contributed by atoms with Gasteiger partial charge < -0.3 is 14.3 Å². The zero-order valence-corrected chi connectivity index (χ0v) is 16.1. The molecule has 27 heavy (non-hydrogen) atoms. The zero-order chi connectivity index (χ0) is 19.1. The van der Waals surface area contributed by atoms with Gasteiger partial charge in [-0.1, -0.05) is 48.5 Å². The van der Waals surface area contributed by atoms with Crippen molar-refractivity contribution >= 4 is 33.7 Å². The van der Waals surface area contributed by atoms with Crippen LogP contribution in [0.5, 0.6) is 5.75 Å². The van der Waals surface area contributed by atoms with Crippen molar-refractivity contribution < 1.29 is 13.7 Å². The van der Waals surface area contributed by atoms with E-state index < -0.39 is 11.0 Å².